The van der Waals surface area contributed by atoms with E-state index < -0.39 is 6.09 Å². The van der Waals surface area contributed by atoms with E-state index in [2.05, 4.69) is 22.3 Å². The van der Waals surface area contributed by atoms with E-state index in [1.54, 1.807) is 0 Å². The smallest absolute Gasteiger partial charge is 0.411 e. The Labute approximate surface area is 108 Å². The minimum atomic E-state index is -0.444. The molecule has 1 aliphatic rings. The predicted molar refractivity (Wildman–Crippen MR) is 72.9 cm³/mol. The second-order valence-corrected chi connectivity index (χ2v) is 4.85. The van der Waals surface area contributed by atoms with Crippen molar-refractivity contribution < 1.29 is 9.53 Å². The van der Waals surface area contributed by atoms with Crippen LogP contribution in [-0.4, -0.2) is 19.2 Å². The third-order valence-electron chi connectivity index (χ3n) is 3.53. The second kappa shape index (κ2) is 5.76. The normalized spacial score (nSPS) is 22.6. The number of anilines is 2. The van der Waals surface area contributed by atoms with Crippen LogP contribution in [-0.2, 0) is 4.74 Å². The van der Waals surface area contributed by atoms with Crippen LogP contribution in [0.2, 0.25) is 0 Å². The highest BCUT2D eigenvalue weighted by Gasteiger charge is 2.22. The lowest BCUT2D eigenvalue weighted by Gasteiger charge is -2.18. The maximum absolute atomic E-state index is 11.0. The Bertz CT molecular complexity index is 403. The Hall–Kier alpha value is -1.71. The molecule has 1 aliphatic carbocycles. The zero-order chi connectivity index (χ0) is 13.0. The molecule has 0 aliphatic heterocycles. The molecule has 0 radical (unpaired) electrons. The molecule has 1 aromatic carbocycles. The fourth-order valence-corrected chi connectivity index (χ4v) is 2.39. The molecule has 2 atom stereocenters. The first-order valence-corrected chi connectivity index (χ1v) is 6.40. The summed E-state index contributed by atoms with van der Waals surface area (Å²) in [7, 11) is 1.35. The summed E-state index contributed by atoms with van der Waals surface area (Å²) >= 11 is 0. The third kappa shape index (κ3) is 3.15. The number of carbonyl (C=O) groups is 1. The molecule has 1 aromatic rings. The van der Waals surface area contributed by atoms with Crippen molar-refractivity contribution in [2.75, 3.05) is 17.7 Å². The van der Waals surface area contributed by atoms with Crippen molar-refractivity contribution in [3.63, 3.8) is 0 Å². The molecule has 4 heteroatoms. The number of carbonyl (C=O) groups excluding carboxylic acids is 1. The van der Waals surface area contributed by atoms with Crippen LogP contribution >= 0.6 is 0 Å². The summed E-state index contributed by atoms with van der Waals surface area (Å²) < 4.78 is 4.54. The number of hydrogen-bond acceptors (Lipinski definition) is 3. The lowest BCUT2D eigenvalue weighted by atomic mass is 10.1. The Kier molecular flexibility index (Phi) is 4.07. The third-order valence-corrected chi connectivity index (χ3v) is 3.53. The van der Waals surface area contributed by atoms with Gasteiger partial charge in [-0.3, -0.25) is 5.32 Å². The summed E-state index contributed by atoms with van der Waals surface area (Å²) in [6, 6.07) is 8.29. The van der Waals surface area contributed by atoms with Crippen LogP contribution in [0.1, 0.15) is 26.2 Å². The summed E-state index contributed by atoms with van der Waals surface area (Å²) in [5.74, 6) is 0.734. The quantitative estimate of drug-likeness (QED) is 0.861. The van der Waals surface area contributed by atoms with E-state index in [0.717, 1.165) is 17.3 Å². The van der Waals surface area contributed by atoms with Crippen molar-refractivity contribution in [3.05, 3.63) is 24.3 Å². The molecule has 1 fully saturated rings. The van der Waals surface area contributed by atoms with E-state index in [-0.39, 0.29) is 0 Å². The maximum atomic E-state index is 11.0. The number of benzene rings is 1. The molecule has 4 nitrogen and oxygen atoms in total. The average Bonchev–Trinajstić information content (AvgIpc) is 2.77. The highest BCUT2D eigenvalue weighted by Crippen LogP contribution is 2.28. The topological polar surface area (TPSA) is 50.4 Å². The van der Waals surface area contributed by atoms with Crippen LogP contribution in [0, 0.1) is 5.92 Å². The van der Waals surface area contributed by atoms with Gasteiger partial charge in [0.15, 0.2) is 0 Å². The number of nitrogens with one attached hydrogen (secondary N) is 2. The Morgan fingerprint density at radius 1 is 1.22 bits per heavy atom. The largest absolute Gasteiger partial charge is 0.453 e. The Balaban J connectivity index is 1.93. The molecule has 1 amide bonds. The molecule has 2 unspecified atom stereocenters. The summed E-state index contributed by atoms with van der Waals surface area (Å²) in [6.45, 7) is 2.29. The molecule has 2 rings (SSSR count). The van der Waals surface area contributed by atoms with Crippen molar-refractivity contribution in [2.24, 2.45) is 5.92 Å². The van der Waals surface area contributed by atoms with Gasteiger partial charge in [-0.15, -0.1) is 0 Å². The van der Waals surface area contributed by atoms with Crippen molar-refractivity contribution in [2.45, 2.75) is 32.2 Å². The van der Waals surface area contributed by atoms with Gasteiger partial charge in [0.1, 0.15) is 0 Å². The number of rotatable bonds is 3. The molecule has 0 spiro atoms. The van der Waals surface area contributed by atoms with Crippen LogP contribution in [0.3, 0.4) is 0 Å². The van der Waals surface area contributed by atoms with Gasteiger partial charge in [-0.2, -0.15) is 0 Å². The molecule has 18 heavy (non-hydrogen) atoms. The van der Waals surface area contributed by atoms with Crippen LogP contribution in [0.5, 0.6) is 0 Å². The highest BCUT2D eigenvalue weighted by atomic mass is 16.5. The molecular weight excluding hydrogens is 228 g/mol. The molecule has 0 saturated heterocycles. The predicted octanol–water partition coefficient (Wildman–Crippen LogP) is 3.47. The lowest BCUT2D eigenvalue weighted by Crippen LogP contribution is -2.21. The molecule has 98 valence electrons. The minimum absolute atomic E-state index is 0.444. The molecule has 0 bridgehead atoms. The fourth-order valence-electron chi connectivity index (χ4n) is 2.39. The molecular formula is C14H20N2O2. The SMILES string of the molecule is COC(=O)Nc1ccc(NC2CCCC2C)cc1. The Morgan fingerprint density at radius 3 is 2.44 bits per heavy atom. The molecule has 0 aromatic heterocycles. The van der Waals surface area contributed by atoms with Crippen LogP contribution < -0.4 is 10.6 Å². The van der Waals surface area contributed by atoms with Crippen LogP contribution in [0.15, 0.2) is 24.3 Å². The maximum Gasteiger partial charge on any atom is 0.411 e. The molecule has 1 saturated carbocycles. The first-order valence-electron chi connectivity index (χ1n) is 6.40. The van der Waals surface area contributed by atoms with Gasteiger partial charge >= 0.3 is 6.09 Å². The van der Waals surface area contributed by atoms with E-state index in [1.165, 1.54) is 26.4 Å². The number of hydrogen-bond donors (Lipinski definition) is 2. The zero-order valence-corrected chi connectivity index (χ0v) is 10.9. The van der Waals surface area contributed by atoms with E-state index in [1.807, 2.05) is 24.3 Å². The van der Waals surface area contributed by atoms with Crippen LogP contribution in [0.25, 0.3) is 0 Å². The first-order chi connectivity index (χ1) is 8.69. The highest BCUT2D eigenvalue weighted by molar-refractivity contribution is 5.84. The van der Waals surface area contributed by atoms with E-state index in [4.69, 9.17) is 0 Å². The van der Waals surface area contributed by atoms with Crippen molar-refractivity contribution in [3.8, 4) is 0 Å². The summed E-state index contributed by atoms with van der Waals surface area (Å²) in [5.41, 5.74) is 1.84. The monoisotopic (exact) mass is 248 g/mol. The average molecular weight is 248 g/mol. The molecule has 2 N–H and O–H groups in total. The van der Waals surface area contributed by atoms with Crippen molar-refractivity contribution in [1.29, 1.82) is 0 Å². The lowest BCUT2D eigenvalue weighted by molar-refractivity contribution is 0.187. The summed E-state index contributed by atoms with van der Waals surface area (Å²) in [6.07, 6.45) is 3.41. The summed E-state index contributed by atoms with van der Waals surface area (Å²) in [5, 5.41) is 6.17. The number of methoxy groups -OCH3 is 1. The van der Waals surface area contributed by atoms with Gasteiger partial charge in [-0.25, -0.2) is 4.79 Å². The summed E-state index contributed by atoms with van der Waals surface area (Å²) in [4.78, 5) is 11.0. The second-order valence-electron chi connectivity index (χ2n) is 4.85. The van der Waals surface area contributed by atoms with Gasteiger partial charge in [-0.05, 0) is 43.0 Å². The van der Waals surface area contributed by atoms with Gasteiger partial charge < -0.3 is 10.1 Å². The van der Waals surface area contributed by atoms with E-state index in [0.29, 0.717) is 6.04 Å². The Morgan fingerprint density at radius 2 is 1.89 bits per heavy atom. The van der Waals surface area contributed by atoms with Crippen LogP contribution in [0.4, 0.5) is 16.2 Å². The van der Waals surface area contributed by atoms with Gasteiger partial charge in [0.05, 0.1) is 7.11 Å². The standard InChI is InChI=1S/C14H20N2O2/c1-10-4-3-5-13(10)15-11-6-8-12(9-7-11)16-14(17)18-2/h6-10,13,15H,3-5H2,1-2H3,(H,16,17). The first kappa shape index (κ1) is 12.7. The minimum Gasteiger partial charge on any atom is -0.453 e. The number of amides is 1. The van der Waals surface area contributed by atoms with E-state index in [9.17, 15) is 4.79 Å². The van der Waals surface area contributed by atoms with Gasteiger partial charge in [0, 0.05) is 17.4 Å². The fraction of sp³-hybridized carbons (Fsp3) is 0.500. The van der Waals surface area contributed by atoms with Gasteiger partial charge in [0.2, 0.25) is 0 Å². The zero-order valence-electron chi connectivity index (χ0n) is 10.9. The van der Waals surface area contributed by atoms with Gasteiger partial charge in [-0.1, -0.05) is 13.3 Å². The van der Waals surface area contributed by atoms with Crippen molar-refractivity contribution in [1.82, 2.24) is 0 Å². The van der Waals surface area contributed by atoms with Crippen molar-refractivity contribution >= 4 is 17.5 Å². The van der Waals surface area contributed by atoms with Gasteiger partial charge in [0.25, 0.3) is 0 Å². The molecule has 0 heterocycles. The van der Waals surface area contributed by atoms with E-state index >= 15 is 0 Å². The number of ether oxygens (including phenoxy) is 1.